The summed E-state index contributed by atoms with van der Waals surface area (Å²) < 4.78 is 42.3. The first-order valence-electron chi connectivity index (χ1n) is 11.8. The molecule has 1 aliphatic carbocycles. The van der Waals surface area contributed by atoms with Gasteiger partial charge in [0, 0.05) is 0 Å². The quantitative estimate of drug-likeness (QED) is 0.250. The van der Waals surface area contributed by atoms with Crippen molar-refractivity contribution in [3.8, 4) is 0 Å². The minimum Gasteiger partial charge on any atom is -0.438 e. The van der Waals surface area contributed by atoms with Crippen molar-refractivity contribution < 1.29 is 37.4 Å². The predicted molar refractivity (Wildman–Crippen MR) is 133 cm³/mol. The molecular weight excluding hydrogens is 505 g/mol. The number of esters is 2. The molecule has 0 spiro atoms. The van der Waals surface area contributed by atoms with E-state index in [2.05, 4.69) is 15.0 Å². The van der Waals surface area contributed by atoms with E-state index in [9.17, 15) is 14.2 Å². The molecule has 1 aliphatic rings. The molecule has 0 radical (unpaired) electrons. The number of nitrogens with zero attached hydrogens (tertiary/aromatic N) is 4. The Morgan fingerprint density at radius 2 is 1.62 bits per heavy atom. The molecule has 37 heavy (non-hydrogen) atoms. The molecule has 0 aliphatic heterocycles. The zero-order valence-electron chi connectivity index (χ0n) is 22.3. The van der Waals surface area contributed by atoms with Gasteiger partial charge in [-0.05, 0) is 53.9 Å². The Bertz CT molecular complexity index is 1150. The van der Waals surface area contributed by atoms with E-state index < -0.39 is 55.9 Å². The van der Waals surface area contributed by atoms with Gasteiger partial charge in [0.25, 0.3) is 0 Å². The van der Waals surface area contributed by atoms with E-state index in [4.69, 9.17) is 29.0 Å². The number of carbonyl (C=O) groups is 2. The van der Waals surface area contributed by atoms with E-state index in [1.54, 1.807) is 52.4 Å². The van der Waals surface area contributed by atoms with Gasteiger partial charge >= 0.3 is 19.5 Å². The molecule has 206 valence electrons. The highest BCUT2D eigenvalue weighted by Crippen LogP contribution is 2.54. The Hall–Kier alpha value is -2.60. The summed E-state index contributed by atoms with van der Waals surface area (Å²) in [5.41, 5.74) is 4.61. The van der Waals surface area contributed by atoms with Gasteiger partial charge in [-0.3, -0.25) is 23.2 Å². The van der Waals surface area contributed by atoms with E-state index >= 15 is 0 Å². The van der Waals surface area contributed by atoms with Crippen molar-refractivity contribution in [3.05, 3.63) is 12.5 Å². The van der Waals surface area contributed by atoms with Crippen LogP contribution >= 0.6 is 7.60 Å². The average molecular weight is 542 g/mol. The van der Waals surface area contributed by atoms with Crippen LogP contribution in [0.2, 0.25) is 0 Å². The summed E-state index contributed by atoms with van der Waals surface area (Å²) in [6.45, 7) is 11.2. The highest BCUT2D eigenvalue weighted by molar-refractivity contribution is 7.53. The number of aromatic nitrogens is 4. The summed E-state index contributed by atoms with van der Waals surface area (Å²) in [6.07, 6.45) is 3.36. The van der Waals surface area contributed by atoms with Gasteiger partial charge in [-0.15, -0.1) is 0 Å². The smallest absolute Gasteiger partial charge is 0.361 e. The standard InChI is InChI=1S/C23H36N5O8P/c1-15-8-23(15,10-28-11-26-16-9-25-20(24)27-17(16)28)34-14-37(31,35-12-32-18(29)21(2,3)4)36-13-33-19(30)22(5,6)7/h9,11,15H,8,10,12-14H2,1-7H3,(H2,24,25,27). The van der Waals surface area contributed by atoms with Gasteiger partial charge in [-0.2, -0.15) is 4.98 Å². The van der Waals surface area contributed by atoms with Crippen LogP contribution in [0.15, 0.2) is 12.5 Å². The molecule has 2 aromatic rings. The van der Waals surface area contributed by atoms with Gasteiger partial charge in [0.1, 0.15) is 11.9 Å². The minimum absolute atomic E-state index is 0.119. The SMILES string of the molecule is CC1CC1(Cn1cnc2cnc(N)nc21)OCP(=O)(OCOC(=O)C(C)(C)C)OCOC(=O)C(C)(C)C. The Kier molecular flexibility index (Phi) is 8.33. The maximum atomic E-state index is 13.5. The van der Waals surface area contributed by atoms with E-state index in [0.29, 0.717) is 24.1 Å². The number of nitrogens with two attached hydrogens (primary N) is 1. The van der Waals surface area contributed by atoms with E-state index in [-0.39, 0.29) is 11.9 Å². The van der Waals surface area contributed by atoms with Crippen LogP contribution in [-0.2, 0) is 44.0 Å². The maximum Gasteiger partial charge on any atom is 0.361 e. The fourth-order valence-electron chi connectivity index (χ4n) is 3.27. The molecule has 2 aromatic heterocycles. The number of ether oxygens (including phenoxy) is 3. The molecule has 3 rings (SSSR count). The summed E-state index contributed by atoms with van der Waals surface area (Å²) in [6, 6.07) is 0. The average Bonchev–Trinajstić information content (AvgIpc) is 3.25. The Labute approximate surface area is 215 Å². The van der Waals surface area contributed by atoms with E-state index in [1.807, 2.05) is 6.92 Å². The Morgan fingerprint density at radius 3 is 2.11 bits per heavy atom. The summed E-state index contributed by atoms with van der Waals surface area (Å²) in [5, 5.41) is 0. The third kappa shape index (κ3) is 7.47. The number of anilines is 1. The molecular formula is C23H36N5O8P. The molecule has 1 saturated carbocycles. The lowest BCUT2D eigenvalue weighted by molar-refractivity contribution is -0.162. The molecule has 0 amide bonds. The number of carbonyl (C=O) groups excluding carboxylic acids is 2. The number of hydrogen-bond acceptors (Lipinski definition) is 12. The fourth-order valence-corrected chi connectivity index (χ4v) is 4.34. The van der Waals surface area contributed by atoms with Crippen LogP contribution in [0, 0.1) is 16.7 Å². The highest BCUT2D eigenvalue weighted by Gasteiger charge is 2.54. The molecule has 13 nitrogen and oxygen atoms in total. The summed E-state index contributed by atoms with van der Waals surface area (Å²) in [7, 11) is -4.01. The topological polar surface area (TPSA) is 167 Å². The van der Waals surface area contributed by atoms with Crippen molar-refractivity contribution in [1.29, 1.82) is 0 Å². The number of imidazole rings is 1. The third-order valence-corrected chi connectivity index (χ3v) is 7.26. The molecule has 2 unspecified atom stereocenters. The van der Waals surface area contributed by atoms with Crippen LogP contribution in [-0.4, -0.2) is 57.0 Å². The van der Waals surface area contributed by atoms with Gasteiger partial charge in [0.2, 0.25) is 19.5 Å². The first kappa shape index (κ1) is 29.0. The van der Waals surface area contributed by atoms with Crippen molar-refractivity contribution in [2.24, 2.45) is 16.7 Å². The number of nitrogen functional groups attached to an aromatic ring is 1. The molecule has 0 aromatic carbocycles. The minimum atomic E-state index is -4.01. The zero-order chi connectivity index (χ0) is 27.6. The Balaban J connectivity index is 1.69. The number of fused-ring (bicyclic) bond motifs is 1. The van der Waals surface area contributed by atoms with Crippen molar-refractivity contribution >= 4 is 36.6 Å². The van der Waals surface area contributed by atoms with Crippen LogP contribution < -0.4 is 5.73 Å². The monoisotopic (exact) mass is 541 g/mol. The van der Waals surface area contributed by atoms with Gasteiger partial charge in [0.05, 0.1) is 35.5 Å². The lowest BCUT2D eigenvalue weighted by Gasteiger charge is -2.24. The largest absolute Gasteiger partial charge is 0.438 e. The van der Waals surface area contributed by atoms with Gasteiger partial charge in [-0.25, -0.2) is 9.97 Å². The zero-order valence-corrected chi connectivity index (χ0v) is 23.2. The molecule has 2 heterocycles. The molecule has 2 atom stereocenters. The van der Waals surface area contributed by atoms with Crippen molar-refractivity contribution in [2.75, 3.05) is 25.7 Å². The third-order valence-electron chi connectivity index (χ3n) is 5.82. The summed E-state index contributed by atoms with van der Waals surface area (Å²) in [5.74, 6) is -0.844. The second kappa shape index (κ2) is 10.6. The van der Waals surface area contributed by atoms with E-state index in [0.717, 1.165) is 0 Å². The summed E-state index contributed by atoms with van der Waals surface area (Å²) in [4.78, 5) is 36.6. The molecule has 0 bridgehead atoms. The Morgan fingerprint density at radius 1 is 1.08 bits per heavy atom. The van der Waals surface area contributed by atoms with Crippen molar-refractivity contribution in [2.45, 2.75) is 67.0 Å². The van der Waals surface area contributed by atoms with E-state index in [1.165, 1.54) is 6.20 Å². The van der Waals surface area contributed by atoms with Crippen LogP contribution in [0.4, 0.5) is 5.95 Å². The van der Waals surface area contributed by atoms with Crippen LogP contribution in [0.3, 0.4) is 0 Å². The molecule has 0 saturated heterocycles. The highest BCUT2D eigenvalue weighted by atomic mass is 31.2. The lowest BCUT2D eigenvalue weighted by Crippen LogP contribution is -2.27. The lowest BCUT2D eigenvalue weighted by atomic mass is 9.98. The fraction of sp³-hybridized carbons (Fsp3) is 0.696. The second-order valence-corrected chi connectivity index (χ2v) is 13.2. The maximum absolute atomic E-state index is 13.5. The molecule has 14 heteroatoms. The number of rotatable bonds is 11. The first-order chi connectivity index (χ1) is 17.0. The second-order valence-electron chi connectivity index (χ2n) is 11.2. The van der Waals surface area contributed by atoms with Gasteiger partial charge in [-0.1, -0.05) is 6.92 Å². The van der Waals surface area contributed by atoms with Gasteiger partial charge < -0.3 is 24.5 Å². The predicted octanol–water partition coefficient (Wildman–Crippen LogP) is 3.48. The van der Waals surface area contributed by atoms with Crippen LogP contribution in [0.5, 0.6) is 0 Å². The number of hydrogen-bond donors (Lipinski definition) is 1. The van der Waals surface area contributed by atoms with Crippen molar-refractivity contribution in [3.63, 3.8) is 0 Å². The first-order valence-corrected chi connectivity index (χ1v) is 13.6. The molecule has 1 fully saturated rings. The van der Waals surface area contributed by atoms with Crippen LogP contribution in [0.25, 0.3) is 11.2 Å². The van der Waals surface area contributed by atoms with Gasteiger partial charge in [0.15, 0.2) is 5.65 Å². The summed E-state index contributed by atoms with van der Waals surface area (Å²) >= 11 is 0. The van der Waals surface area contributed by atoms with Crippen LogP contribution in [0.1, 0.15) is 54.9 Å². The van der Waals surface area contributed by atoms with Crippen molar-refractivity contribution in [1.82, 2.24) is 19.5 Å². The normalized spacial score (nSPS) is 20.1. The molecule has 2 N–H and O–H groups in total.